The van der Waals surface area contributed by atoms with E-state index in [2.05, 4.69) is 41.2 Å². The fraction of sp³-hybridized carbons (Fsp3) is 0.444. The summed E-state index contributed by atoms with van der Waals surface area (Å²) in [5.41, 5.74) is 5.03. The maximum absolute atomic E-state index is 5.77. The van der Waals surface area contributed by atoms with Gasteiger partial charge in [0.05, 0.1) is 11.9 Å². The van der Waals surface area contributed by atoms with Crippen LogP contribution in [0.4, 0.5) is 5.13 Å². The third kappa shape index (κ3) is 5.62. The summed E-state index contributed by atoms with van der Waals surface area (Å²) < 4.78 is 5.77. The minimum Gasteiger partial charge on any atom is -0.492 e. The van der Waals surface area contributed by atoms with Crippen LogP contribution in [-0.4, -0.2) is 42.3 Å². The zero-order valence-electron chi connectivity index (χ0n) is 14.9. The highest BCUT2D eigenvalue weighted by molar-refractivity contribution is 7.15. The molecular weight excluding hydrogens is 320 g/mol. The van der Waals surface area contributed by atoms with Crippen molar-refractivity contribution in [2.45, 2.75) is 27.7 Å². The number of nitrogens with zero attached hydrogens (tertiary/aromatic N) is 3. The normalized spacial score (nSPS) is 11.4. The molecule has 0 unspecified atom stereocenters. The second-order valence-corrected chi connectivity index (χ2v) is 6.68. The van der Waals surface area contributed by atoms with E-state index in [-0.39, 0.29) is 0 Å². The fourth-order valence-electron chi connectivity index (χ4n) is 2.17. The molecule has 0 aliphatic heterocycles. The quantitative estimate of drug-likeness (QED) is 0.552. The number of hydrazone groups is 1. The van der Waals surface area contributed by atoms with E-state index >= 15 is 0 Å². The molecule has 24 heavy (non-hydrogen) atoms. The maximum Gasteiger partial charge on any atom is 0.203 e. The standard InChI is InChI=1S/C18H26N4OS/c1-5-22(6-2)11-12-23-17-9-7-16(8-10-17)13-19-21-18-20-14(3)15(4)24-18/h7-10,13H,5-6,11-12H2,1-4H3,(H,20,21). The molecule has 0 aliphatic rings. The molecule has 1 aromatic carbocycles. The minimum atomic E-state index is 0.708. The third-order valence-electron chi connectivity index (χ3n) is 3.85. The Kier molecular flexibility index (Phi) is 7.21. The highest BCUT2D eigenvalue weighted by Crippen LogP contribution is 2.20. The van der Waals surface area contributed by atoms with Gasteiger partial charge in [0.15, 0.2) is 0 Å². The first-order valence-corrected chi connectivity index (χ1v) is 9.12. The van der Waals surface area contributed by atoms with E-state index in [9.17, 15) is 0 Å². The van der Waals surface area contributed by atoms with Crippen molar-refractivity contribution in [3.8, 4) is 5.75 Å². The van der Waals surface area contributed by atoms with Crippen molar-refractivity contribution < 1.29 is 4.74 Å². The van der Waals surface area contributed by atoms with Gasteiger partial charge in [0.2, 0.25) is 5.13 Å². The SMILES string of the molecule is CCN(CC)CCOc1ccc(C=NNc2nc(C)c(C)s2)cc1. The van der Waals surface area contributed by atoms with Gasteiger partial charge in [0.25, 0.3) is 0 Å². The fourth-order valence-corrected chi connectivity index (χ4v) is 2.93. The molecule has 0 spiro atoms. The summed E-state index contributed by atoms with van der Waals surface area (Å²) in [6.07, 6.45) is 1.78. The van der Waals surface area contributed by atoms with Crippen LogP contribution in [0.25, 0.3) is 0 Å². The number of likely N-dealkylation sites (N-methyl/N-ethyl adjacent to an activating group) is 1. The highest BCUT2D eigenvalue weighted by Gasteiger charge is 2.01. The second-order valence-electron chi connectivity index (χ2n) is 5.47. The van der Waals surface area contributed by atoms with Crippen LogP contribution in [-0.2, 0) is 0 Å². The van der Waals surface area contributed by atoms with Crippen LogP contribution in [0.5, 0.6) is 5.75 Å². The van der Waals surface area contributed by atoms with Gasteiger partial charge in [-0.1, -0.05) is 13.8 Å². The van der Waals surface area contributed by atoms with Gasteiger partial charge in [-0.15, -0.1) is 11.3 Å². The first-order valence-electron chi connectivity index (χ1n) is 8.30. The molecule has 1 heterocycles. The lowest BCUT2D eigenvalue weighted by molar-refractivity contribution is 0.223. The Morgan fingerprint density at radius 3 is 2.50 bits per heavy atom. The largest absolute Gasteiger partial charge is 0.492 e. The molecule has 6 heteroatoms. The summed E-state index contributed by atoms with van der Waals surface area (Å²) in [4.78, 5) is 7.94. The molecule has 2 aromatic rings. The number of hydrogen-bond donors (Lipinski definition) is 1. The first kappa shape index (κ1) is 18.4. The van der Waals surface area contributed by atoms with Crippen LogP contribution < -0.4 is 10.2 Å². The van der Waals surface area contributed by atoms with Crippen molar-refractivity contribution in [2.24, 2.45) is 5.10 Å². The lowest BCUT2D eigenvalue weighted by atomic mass is 10.2. The molecule has 0 amide bonds. The summed E-state index contributed by atoms with van der Waals surface area (Å²) in [5.74, 6) is 0.887. The monoisotopic (exact) mass is 346 g/mol. The molecule has 5 nitrogen and oxygen atoms in total. The Labute approximate surface area is 148 Å². The molecule has 0 fully saturated rings. The van der Waals surface area contributed by atoms with Gasteiger partial charge in [-0.3, -0.25) is 5.43 Å². The summed E-state index contributed by atoms with van der Waals surface area (Å²) in [6, 6.07) is 7.94. The topological polar surface area (TPSA) is 49.8 Å². The molecule has 1 N–H and O–H groups in total. The number of anilines is 1. The number of thiazole rings is 1. The Morgan fingerprint density at radius 1 is 1.21 bits per heavy atom. The van der Waals surface area contributed by atoms with Crippen molar-refractivity contribution in [3.63, 3.8) is 0 Å². The lowest BCUT2D eigenvalue weighted by Gasteiger charge is -2.17. The van der Waals surface area contributed by atoms with Gasteiger partial charge >= 0.3 is 0 Å². The van der Waals surface area contributed by atoms with Crippen LogP contribution in [0, 0.1) is 13.8 Å². The molecule has 0 saturated carbocycles. The number of aryl methyl sites for hydroxylation is 2. The predicted molar refractivity (Wildman–Crippen MR) is 103 cm³/mol. The highest BCUT2D eigenvalue weighted by atomic mass is 32.1. The molecular formula is C18H26N4OS. The zero-order valence-corrected chi connectivity index (χ0v) is 15.7. The molecule has 0 saturated heterocycles. The van der Waals surface area contributed by atoms with Crippen LogP contribution in [0.3, 0.4) is 0 Å². The van der Waals surface area contributed by atoms with Crippen LogP contribution >= 0.6 is 11.3 Å². The Balaban J connectivity index is 1.80. The van der Waals surface area contributed by atoms with Gasteiger partial charge in [-0.2, -0.15) is 5.10 Å². The molecule has 130 valence electrons. The Hall–Kier alpha value is -1.92. The smallest absolute Gasteiger partial charge is 0.203 e. The first-order chi connectivity index (χ1) is 11.6. The van der Waals surface area contributed by atoms with Crippen molar-refractivity contribution in [1.82, 2.24) is 9.88 Å². The molecule has 0 aliphatic carbocycles. The van der Waals surface area contributed by atoms with Crippen LogP contribution in [0.15, 0.2) is 29.4 Å². The summed E-state index contributed by atoms with van der Waals surface area (Å²) in [5, 5.41) is 5.05. The number of aromatic nitrogens is 1. The Bertz CT molecular complexity index is 628. The van der Waals surface area contributed by atoms with Crippen molar-refractivity contribution in [2.75, 3.05) is 31.7 Å². The van der Waals surface area contributed by atoms with Gasteiger partial charge in [0.1, 0.15) is 12.4 Å². The van der Waals surface area contributed by atoms with Crippen LogP contribution in [0.1, 0.15) is 30.0 Å². The minimum absolute atomic E-state index is 0.708. The summed E-state index contributed by atoms with van der Waals surface area (Å²) >= 11 is 1.61. The van der Waals surface area contributed by atoms with Crippen molar-refractivity contribution >= 4 is 22.7 Å². The van der Waals surface area contributed by atoms with E-state index in [1.165, 1.54) is 4.88 Å². The predicted octanol–water partition coefficient (Wildman–Crippen LogP) is 3.93. The van der Waals surface area contributed by atoms with Gasteiger partial charge in [-0.05, 0) is 56.8 Å². The number of rotatable bonds is 9. The number of ether oxygens (including phenoxy) is 1. The number of nitrogens with one attached hydrogen (secondary N) is 1. The zero-order chi connectivity index (χ0) is 17.4. The van der Waals surface area contributed by atoms with Crippen molar-refractivity contribution in [3.05, 3.63) is 40.4 Å². The molecule has 0 bridgehead atoms. The van der Waals surface area contributed by atoms with Gasteiger partial charge in [0, 0.05) is 11.4 Å². The third-order valence-corrected chi connectivity index (χ3v) is 4.83. The summed E-state index contributed by atoms with van der Waals surface area (Å²) in [6.45, 7) is 12.2. The molecule has 0 atom stereocenters. The average Bonchev–Trinajstić information content (AvgIpc) is 2.91. The molecule has 2 rings (SSSR count). The van der Waals surface area contributed by atoms with E-state index in [0.29, 0.717) is 6.61 Å². The lowest BCUT2D eigenvalue weighted by Crippen LogP contribution is -2.27. The molecule has 1 aromatic heterocycles. The maximum atomic E-state index is 5.77. The van der Waals surface area contributed by atoms with Crippen molar-refractivity contribution in [1.29, 1.82) is 0 Å². The molecule has 0 radical (unpaired) electrons. The van der Waals surface area contributed by atoms with E-state index in [1.807, 2.05) is 31.2 Å². The second kappa shape index (κ2) is 9.39. The van der Waals surface area contributed by atoms with Gasteiger partial charge < -0.3 is 9.64 Å². The van der Waals surface area contributed by atoms with Crippen LogP contribution in [0.2, 0.25) is 0 Å². The Morgan fingerprint density at radius 2 is 1.92 bits per heavy atom. The van der Waals surface area contributed by atoms with E-state index in [1.54, 1.807) is 17.6 Å². The number of hydrogen-bond acceptors (Lipinski definition) is 6. The van der Waals surface area contributed by atoms with E-state index in [0.717, 1.165) is 41.8 Å². The van der Waals surface area contributed by atoms with Gasteiger partial charge in [-0.25, -0.2) is 4.98 Å². The average molecular weight is 347 g/mol. The number of benzene rings is 1. The summed E-state index contributed by atoms with van der Waals surface area (Å²) in [7, 11) is 0. The van der Waals surface area contributed by atoms with E-state index in [4.69, 9.17) is 4.74 Å². The van der Waals surface area contributed by atoms with E-state index < -0.39 is 0 Å².